The van der Waals surface area contributed by atoms with E-state index in [4.69, 9.17) is 9.26 Å². The summed E-state index contributed by atoms with van der Waals surface area (Å²) in [6.45, 7) is 7.93. The van der Waals surface area contributed by atoms with Crippen LogP contribution in [0, 0.1) is 27.7 Å². The maximum atomic E-state index is 12.7. The Morgan fingerprint density at radius 3 is 2.60 bits per heavy atom. The van der Waals surface area contributed by atoms with Crippen LogP contribution in [0.2, 0.25) is 0 Å². The Labute approximate surface area is 174 Å². The van der Waals surface area contributed by atoms with Gasteiger partial charge in [-0.25, -0.2) is 0 Å². The maximum Gasteiger partial charge on any atom is 0.265 e. The quantitative estimate of drug-likeness (QED) is 0.707. The molecule has 2 amide bonds. The molecule has 0 radical (unpaired) electrons. The maximum absolute atomic E-state index is 12.7. The van der Waals surface area contributed by atoms with Crippen molar-refractivity contribution in [1.29, 1.82) is 0 Å². The lowest BCUT2D eigenvalue weighted by molar-refractivity contribution is -0.121. The molecule has 30 heavy (non-hydrogen) atoms. The van der Waals surface area contributed by atoms with Crippen molar-refractivity contribution in [3.8, 4) is 5.75 Å². The Kier molecular flexibility index (Phi) is 5.03. The molecule has 2 aromatic carbocycles. The first-order valence-corrected chi connectivity index (χ1v) is 9.71. The summed E-state index contributed by atoms with van der Waals surface area (Å²) in [7, 11) is 0. The molecular formula is C23H23N3O4. The molecule has 7 nitrogen and oxygen atoms in total. The predicted molar refractivity (Wildman–Crippen MR) is 113 cm³/mol. The molecule has 2 heterocycles. The van der Waals surface area contributed by atoms with Gasteiger partial charge in [0.2, 0.25) is 0 Å². The summed E-state index contributed by atoms with van der Waals surface area (Å²) in [5.74, 6) is 0.886. The Morgan fingerprint density at radius 1 is 1.10 bits per heavy atom. The molecular weight excluding hydrogens is 382 g/mol. The van der Waals surface area contributed by atoms with Crippen LogP contribution in [0.1, 0.15) is 38.5 Å². The molecule has 0 bridgehead atoms. The van der Waals surface area contributed by atoms with Crippen LogP contribution in [0.5, 0.6) is 5.75 Å². The summed E-state index contributed by atoms with van der Waals surface area (Å²) in [6.07, 6.45) is 0. The van der Waals surface area contributed by atoms with Crippen LogP contribution in [0.4, 0.5) is 11.4 Å². The zero-order chi connectivity index (χ0) is 21.4. The largest absolute Gasteiger partial charge is 0.482 e. The number of nitrogens with zero attached hydrogens (tertiary/aromatic N) is 2. The highest BCUT2D eigenvalue weighted by atomic mass is 16.5. The molecule has 0 saturated carbocycles. The minimum Gasteiger partial charge on any atom is -0.482 e. The van der Waals surface area contributed by atoms with Crippen LogP contribution in [0.15, 0.2) is 40.9 Å². The Hall–Kier alpha value is -3.61. The highest BCUT2D eigenvalue weighted by Gasteiger charge is 2.28. The molecule has 0 spiro atoms. The van der Waals surface area contributed by atoms with E-state index in [1.54, 1.807) is 29.2 Å². The van der Waals surface area contributed by atoms with Gasteiger partial charge in [-0.05, 0) is 69.2 Å². The number of carbonyl (C=O) groups is 2. The summed E-state index contributed by atoms with van der Waals surface area (Å²) < 4.78 is 10.8. The first kappa shape index (κ1) is 19.7. The van der Waals surface area contributed by atoms with Crippen LogP contribution in [-0.2, 0) is 11.3 Å². The van der Waals surface area contributed by atoms with E-state index in [-0.39, 0.29) is 18.4 Å². The van der Waals surface area contributed by atoms with Crippen molar-refractivity contribution in [1.82, 2.24) is 5.16 Å². The van der Waals surface area contributed by atoms with Crippen molar-refractivity contribution in [2.45, 2.75) is 34.2 Å². The van der Waals surface area contributed by atoms with Crippen LogP contribution in [0.25, 0.3) is 0 Å². The van der Waals surface area contributed by atoms with Crippen LogP contribution in [0.3, 0.4) is 0 Å². The molecule has 0 aliphatic carbocycles. The van der Waals surface area contributed by atoms with E-state index in [0.29, 0.717) is 35.0 Å². The third-order valence-corrected chi connectivity index (χ3v) is 5.43. The van der Waals surface area contributed by atoms with Gasteiger partial charge in [0.1, 0.15) is 11.5 Å². The summed E-state index contributed by atoms with van der Waals surface area (Å²) in [6, 6.07) is 10.9. The molecule has 0 unspecified atom stereocenters. The fourth-order valence-electron chi connectivity index (χ4n) is 3.42. The van der Waals surface area contributed by atoms with E-state index in [1.165, 1.54) is 0 Å². The summed E-state index contributed by atoms with van der Waals surface area (Å²) in [4.78, 5) is 26.9. The summed E-state index contributed by atoms with van der Waals surface area (Å²) >= 11 is 0. The average molecular weight is 405 g/mol. The van der Waals surface area contributed by atoms with Gasteiger partial charge in [0, 0.05) is 16.8 Å². The highest BCUT2D eigenvalue weighted by molar-refractivity contribution is 6.05. The number of carbonyl (C=O) groups excluding carboxylic acids is 2. The monoisotopic (exact) mass is 405 g/mol. The third-order valence-electron chi connectivity index (χ3n) is 5.43. The van der Waals surface area contributed by atoms with E-state index in [9.17, 15) is 9.59 Å². The molecule has 0 atom stereocenters. The predicted octanol–water partition coefficient (Wildman–Crippen LogP) is 4.09. The second kappa shape index (κ2) is 7.67. The van der Waals surface area contributed by atoms with Crippen molar-refractivity contribution in [2.75, 3.05) is 16.8 Å². The molecule has 0 fully saturated rings. The average Bonchev–Trinajstić information content (AvgIpc) is 3.04. The van der Waals surface area contributed by atoms with Gasteiger partial charge >= 0.3 is 0 Å². The normalized spacial score (nSPS) is 13.1. The van der Waals surface area contributed by atoms with Crippen molar-refractivity contribution in [2.24, 2.45) is 0 Å². The fraction of sp³-hybridized carbons (Fsp3) is 0.261. The lowest BCUT2D eigenvalue weighted by Gasteiger charge is -2.29. The number of fused-ring (bicyclic) bond motifs is 1. The molecule has 1 aliphatic heterocycles. The molecule has 0 saturated heterocycles. The van der Waals surface area contributed by atoms with Crippen LogP contribution in [-0.4, -0.2) is 23.6 Å². The number of nitrogens with one attached hydrogen (secondary N) is 1. The smallest absolute Gasteiger partial charge is 0.265 e. The molecule has 4 rings (SSSR count). The van der Waals surface area contributed by atoms with Crippen molar-refractivity contribution in [3.63, 3.8) is 0 Å². The first-order chi connectivity index (χ1) is 14.3. The zero-order valence-electron chi connectivity index (χ0n) is 17.4. The van der Waals surface area contributed by atoms with E-state index < -0.39 is 0 Å². The van der Waals surface area contributed by atoms with Gasteiger partial charge in [0.05, 0.1) is 17.9 Å². The van der Waals surface area contributed by atoms with Gasteiger partial charge in [-0.15, -0.1) is 0 Å². The molecule has 1 N–H and O–H groups in total. The van der Waals surface area contributed by atoms with Crippen LogP contribution < -0.4 is 15.0 Å². The minimum atomic E-state index is -0.210. The second-order valence-corrected chi connectivity index (χ2v) is 7.51. The Morgan fingerprint density at radius 2 is 1.90 bits per heavy atom. The number of rotatable bonds is 4. The molecule has 7 heteroatoms. The van der Waals surface area contributed by atoms with Gasteiger partial charge in [-0.3, -0.25) is 9.59 Å². The molecule has 3 aromatic rings. The number of amides is 2. The van der Waals surface area contributed by atoms with E-state index in [1.807, 2.05) is 39.8 Å². The van der Waals surface area contributed by atoms with Gasteiger partial charge < -0.3 is 19.5 Å². The highest BCUT2D eigenvalue weighted by Crippen LogP contribution is 2.36. The number of ether oxygens (including phenoxy) is 1. The topological polar surface area (TPSA) is 84.7 Å². The van der Waals surface area contributed by atoms with Crippen molar-refractivity contribution < 1.29 is 18.8 Å². The minimum absolute atomic E-state index is 0.0370. The van der Waals surface area contributed by atoms with Crippen LogP contribution >= 0.6 is 0 Å². The van der Waals surface area contributed by atoms with E-state index >= 15 is 0 Å². The number of aryl methyl sites for hydroxylation is 4. The first-order valence-electron chi connectivity index (χ1n) is 9.71. The SMILES string of the molecule is Cc1ccc(C(=O)Nc2ccc3c(c2)N(Cc2c(C)noc2C)C(=O)CO3)cc1C. The standard InChI is InChI=1S/C23H23N3O4/c1-13-5-6-17(9-14(13)2)23(28)24-18-7-8-21-20(10-18)26(22(27)12-29-21)11-19-15(3)25-30-16(19)4/h5-10H,11-12H2,1-4H3,(H,24,28). The van der Waals surface area contributed by atoms with Gasteiger partial charge in [-0.2, -0.15) is 0 Å². The molecule has 1 aliphatic rings. The lowest BCUT2D eigenvalue weighted by Crippen LogP contribution is -2.38. The molecule has 154 valence electrons. The Bertz CT molecular complexity index is 1130. The van der Waals surface area contributed by atoms with Gasteiger partial charge in [0.15, 0.2) is 6.61 Å². The third kappa shape index (κ3) is 3.66. The number of hydrogen-bond acceptors (Lipinski definition) is 5. The zero-order valence-corrected chi connectivity index (χ0v) is 17.4. The number of hydrogen-bond donors (Lipinski definition) is 1. The van der Waals surface area contributed by atoms with Gasteiger partial charge in [-0.1, -0.05) is 11.2 Å². The summed E-state index contributed by atoms with van der Waals surface area (Å²) in [5.41, 5.74) is 5.55. The Balaban J connectivity index is 1.62. The number of anilines is 2. The second-order valence-electron chi connectivity index (χ2n) is 7.51. The van der Waals surface area contributed by atoms with E-state index in [0.717, 1.165) is 22.4 Å². The van der Waals surface area contributed by atoms with E-state index in [2.05, 4.69) is 10.5 Å². The van der Waals surface area contributed by atoms with Crippen molar-refractivity contribution >= 4 is 23.2 Å². The summed E-state index contributed by atoms with van der Waals surface area (Å²) in [5, 5.41) is 6.87. The lowest BCUT2D eigenvalue weighted by atomic mass is 10.1. The molecule has 1 aromatic heterocycles. The number of benzene rings is 2. The fourth-order valence-corrected chi connectivity index (χ4v) is 3.42. The number of aromatic nitrogens is 1. The van der Waals surface area contributed by atoms with Gasteiger partial charge in [0.25, 0.3) is 11.8 Å². The van der Waals surface area contributed by atoms with Crippen molar-refractivity contribution in [3.05, 3.63) is 70.1 Å².